The molecule has 0 spiro atoms. The molecule has 0 fully saturated rings. The average molecular weight is 546 g/mol. The van der Waals surface area contributed by atoms with Crippen LogP contribution < -0.4 is 27.4 Å². The van der Waals surface area contributed by atoms with E-state index in [9.17, 15) is 44.4 Å². The zero-order chi connectivity index (χ0) is 29.1. The third-order valence-electron chi connectivity index (χ3n) is 5.57. The Hall–Kier alpha value is -4.69. The summed E-state index contributed by atoms with van der Waals surface area (Å²) in [6.45, 7) is -0.851. The lowest BCUT2D eigenvalue weighted by Crippen LogP contribution is -2.58. The van der Waals surface area contributed by atoms with Crippen LogP contribution in [0.5, 0.6) is 11.5 Å². The molecule has 14 heteroatoms. The summed E-state index contributed by atoms with van der Waals surface area (Å²) < 4.78 is 0. The first-order valence-corrected chi connectivity index (χ1v) is 11.7. The quantitative estimate of drug-likeness (QED) is 0.122. The summed E-state index contributed by atoms with van der Waals surface area (Å²) in [6.07, 6.45) is -0.809. The molecule has 210 valence electrons. The number of phenolic OH excluding ortho intramolecular Hbond substituents is 2. The maximum absolute atomic E-state index is 12.9. The fourth-order valence-electron chi connectivity index (χ4n) is 3.47. The van der Waals surface area contributed by atoms with Gasteiger partial charge in [0.2, 0.25) is 23.6 Å². The summed E-state index contributed by atoms with van der Waals surface area (Å²) >= 11 is 0. The molecule has 0 bridgehead atoms. The minimum Gasteiger partial charge on any atom is -0.508 e. The molecule has 14 nitrogen and oxygen atoms in total. The number of benzene rings is 2. The summed E-state index contributed by atoms with van der Waals surface area (Å²) in [5, 5.41) is 44.7. The average Bonchev–Trinajstić information content (AvgIpc) is 2.88. The normalized spacial score (nSPS) is 13.8. The second-order valence-corrected chi connectivity index (χ2v) is 8.72. The first-order chi connectivity index (χ1) is 18.4. The van der Waals surface area contributed by atoms with E-state index >= 15 is 0 Å². The van der Waals surface area contributed by atoms with Crippen LogP contribution in [0.3, 0.4) is 0 Å². The number of rotatable bonds is 14. The van der Waals surface area contributed by atoms with Gasteiger partial charge in [-0.15, -0.1) is 0 Å². The zero-order valence-corrected chi connectivity index (χ0v) is 20.7. The van der Waals surface area contributed by atoms with E-state index in [1.165, 1.54) is 36.4 Å². The highest BCUT2D eigenvalue weighted by Crippen LogP contribution is 2.13. The van der Waals surface area contributed by atoms with Crippen molar-refractivity contribution < 1.29 is 44.4 Å². The molecule has 39 heavy (non-hydrogen) atoms. The number of amides is 4. The minimum atomic E-state index is -1.67. The van der Waals surface area contributed by atoms with Crippen LogP contribution in [0.1, 0.15) is 17.5 Å². The molecule has 0 aromatic heterocycles. The van der Waals surface area contributed by atoms with Gasteiger partial charge >= 0.3 is 5.97 Å². The maximum atomic E-state index is 12.9. The maximum Gasteiger partial charge on any atom is 0.326 e. The van der Waals surface area contributed by atoms with Crippen LogP contribution in [0.2, 0.25) is 0 Å². The lowest BCUT2D eigenvalue weighted by atomic mass is 10.0. The number of carboxylic acids is 1. The van der Waals surface area contributed by atoms with Crippen molar-refractivity contribution in [2.24, 2.45) is 11.5 Å². The molecule has 0 aliphatic heterocycles. The molecule has 2 rings (SSSR count). The van der Waals surface area contributed by atoms with Crippen molar-refractivity contribution in [3.63, 3.8) is 0 Å². The predicted octanol–water partition coefficient (Wildman–Crippen LogP) is -2.38. The van der Waals surface area contributed by atoms with Crippen molar-refractivity contribution in [3.05, 3.63) is 59.7 Å². The molecule has 2 aromatic carbocycles. The fourth-order valence-corrected chi connectivity index (χ4v) is 3.47. The van der Waals surface area contributed by atoms with Gasteiger partial charge in [0, 0.05) is 6.42 Å². The Labute approximate surface area is 223 Å². The Morgan fingerprint density at radius 2 is 1.13 bits per heavy atom. The lowest BCUT2D eigenvalue weighted by molar-refractivity contribution is -0.143. The highest BCUT2D eigenvalue weighted by molar-refractivity contribution is 5.95. The van der Waals surface area contributed by atoms with Gasteiger partial charge in [-0.3, -0.25) is 19.2 Å². The molecule has 0 heterocycles. The first kappa shape index (κ1) is 30.5. The second kappa shape index (κ2) is 14.3. The molecule has 4 atom stereocenters. The molecule has 2 aromatic rings. The number of aliphatic hydroxyl groups excluding tert-OH is 1. The molecule has 4 unspecified atom stereocenters. The number of phenols is 2. The van der Waals surface area contributed by atoms with Gasteiger partial charge in [-0.1, -0.05) is 24.3 Å². The molecular weight excluding hydrogens is 514 g/mol. The number of nitrogens with two attached hydrogens (primary N) is 2. The smallest absolute Gasteiger partial charge is 0.326 e. The summed E-state index contributed by atoms with van der Waals surface area (Å²) in [7, 11) is 0. The number of aliphatic carboxylic acids is 1. The number of nitrogens with one attached hydrogen (secondary N) is 3. The molecule has 0 saturated carbocycles. The Morgan fingerprint density at radius 3 is 1.59 bits per heavy atom. The van der Waals surface area contributed by atoms with Gasteiger partial charge in [-0.25, -0.2) is 4.79 Å². The number of carboxylic acid groups (broad SMARTS) is 1. The standard InChI is InChI=1S/C25H31N5O9/c26-17(9-13-1-5-15(32)6-2-13)22(35)30-20(12-31)24(37)28-18(10-14-3-7-16(33)8-4-14)23(36)29-19(25(38)39)11-21(27)34/h1-8,17-20,31-33H,9-12,26H2,(H2,27,34)(H,28,37)(H,29,36)(H,30,35)(H,38,39). The third kappa shape index (κ3) is 9.94. The summed E-state index contributed by atoms with van der Waals surface area (Å²) in [5.74, 6) is -5.25. The van der Waals surface area contributed by atoms with E-state index in [-0.39, 0.29) is 24.3 Å². The number of carbonyl (C=O) groups is 5. The van der Waals surface area contributed by atoms with Crippen molar-refractivity contribution in [3.8, 4) is 11.5 Å². The van der Waals surface area contributed by atoms with Crippen molar-refractivity contribution in [2.75, 3.05) is 6.61 Å². The van der Waals surface area contributed by atoms with Crippen molar-refractivity contribution in [2.45, 2.75) is 43.4 Å². The Bertz CT molecular complexity index is 1170. The van der Waals surface area contributed by atoms with E-state index in [1.54, 1.807) is 12.1 Å². The van der Waals surface area contributed by atoms with Crippen LogP contribution in [-0.4, -0.2) is 80.8 Å². The van der Waals surface area contributed by atoms with Gasteiger partial charge in [0.15, 0.2) is 0 Å². The van der Waals surface area contributed by atoms with E-state index in [4.69, 9.17) is 11.5 Å². The number of aliphatic hydroxyl groups is 1. The van der Waals surface area contributed by atoms with Crippen LogP contribution >= 0.6 is 0 Å². The van der Waals surface area contributed by atoms with Crippen molar-refractivity contribution >= 4 is 29.6 Å². The number of primary amides is 1. The van der Waals surface area contributed by atoms with E-state index in [2.05, 4.69) is 16.0 Å². The molecule has 4 amide bonds. The number of hydrogen-bond acceptors (Lipinski definition) is 9. The number of carbonyl (C=O) groups excluding carboxylic acids is 4. The summed E-state index contributed by atoms with van der Waals surface area (Å²) in [6, 6.07) is 5.87. The molecule has 0 saturated heterocycles. The van der Waals surface area contributed by atoms with Crippen LogP contribution in [0.4, 0.5) is 0 Å². The SMILES string of the molecule is NC(=O)CC(NC(=O)C(Cc1ccc(O)cc1)NC(=O)C(CO)NC(=O)C(N)Cc1ccc(O)cc1)C(=O)O. The summed E-state index contributed by atoms with van der Waals surface area (Å²) in [5.41, 5.74) is 12.1. The van der Waals surface area contributed by atoms with E-state index in [0.29, 0.717) is 11.1 Å². The Morgan fingerprint density at radius 1 is 0.692 bits per heavy atom. The molecular formula is C25H31N5O9. The fraction of sp³-hybridized carbons (Fsp3) is 0.320. The van der Waals surface area contributed by atoms with Gasteiger partial charge in [0.25, 0.3) is 0 Å². The Balaban J connectivity index is 2.15. The highest BCUT2D eigenvalue weighted by Gasteiger charge is 2.31. The number of hydrogen-bond donors (Lipinski definition) is 9. The van der Waals surface area contributed by atoms with E-state index in [1.807, 2.05) is 0 Å². The Kier molecular flexibility index (Phi) is 11.2. The highest BCUT2D eigenvalue weighted by atomic mass is 16.4. The zero-order valence-electron chi connectivity index (χ0n) is 20.7. The van der Waals surface area contributed by atoms with Gasteiger partial charge in [0.05, 0.1) is 19.1 Å². The number of aromatic hydroxyl groups is 2. The van der Waals surface area contributed by atoms with E-state index in [0.717, 1.165) is 0 Å². The third-order valence-corrected chi connectivity index (χ3v) is 5.57. The monoisotopic (exact) mass is 545 g/mol. The molecule has 0 aliphatic rings. The first-order valence-electron chi connectivity index (χ1n) is 11.7. The van der Waals surface area contributed by atoms with Crippen molar-refractivity contribution in [1.29, 1.82) is 0 Å². The van der Waals surface area contributed by atoms with Crippen molar-refractivity contribution in [1.82, 2.24) is 16.0 Å². The summed E-state index contributed by atoms with van der Waals surface area (Å²) in [4.78, 5) is 61.1. The van der Waals surface area contributed by atoms with Crippen LogP contribution in [0, 0.1) is 0 Å². The molecule has 0 aliphatic carbocycles. The van der Waals surface area contributed by atoms with Gasteiger partial charge in [-0.2, -0.15) is 0 Å². The van der Waals surface area contributed by atoms with Gasteiger partial charge in [-0.05, 0) is 41.8 Å². The van der Waals surface area contributed by atoms with Gasteiger partial charge < -0.3 is 47.8 Å². The minimum absolute atomic E-state index is 0.0315. The topological polar surface area (TPSA) is 254 Å². The largest absolute Gasteiger partial charge is 0.508 e. The molecule has 11 N–H and O–H groups in total. The van der Waals surface area contributed by atoms with E-state index < -0.39 is 66.8 Å². The van der Waals surface area contributed by atoms with Crippen LogP contribution in [0.25, 0.3) is 0 Å². The molecule has 0 radical (unpaired) electrons. The van der Waals surface area contributed by atoms with Crippen LogP contribution in [0.15, 0.2) is 48.5 Å². The predicted molar refractivity (Wildman–Crippen MR) is 136 cm³/mol. The van der Waals surface area contributed by atoms with Gasteiger partial charge in [0.1, 0.15) is 29.6 Å². The second-order valence-electron chi connectivity index (χ2n) is 8.72. The van der Waals surface area contributed by atoms with Crippen LogP contribution in [-0.2, 0) is 36.8 Å². The lowest BCUT2D eigenvalue weighted by Gasteiger charge is -2.24.